The summed E-state index contributed by atoms with van der Waals surface area (Å²) >= 11 is 3.33. The number of rotatable bonds is 5. The summed E-state index contributed by atoms with van der Waals surface area (Å²) in [6, 6.07) is 8.21. The van der Waals surface area contributed by atoms with Crippen LogP contribution in [0.2, 0.25) is 0 Å². The number of nitrogens with two attached hydrogens (primary N) is 1. The predicted octanol–water partition coefficient (Wildman–Crippen LogP) is 4.98. The second-order valence-corrected chi connectivity index (χ2v) is 10.6. The molecule has 0 spiro atoms. The maximum absolute atomic E-state index is 13.0. The van der Waals surface area contributed by atoms with Crippen LogP contribution < -0.4 is 5.73 Å². The molecule has 4 bridgehead atoms. The van der Waals surface area contributed by atoms with Gasteiger partial charge in [0.05, 0.1) is 4.88 Å². The average Bonchev–Trinajstić information content (AvgIpc) is 3.28. The topological polar surface area (TPSA) is 60.2 Å². The molecule has 26 heavy (non-hydrogen) atoms. The molecule has 4 saturated carbocycles. The highest BCUT2D eigenvalue weighted by Crippen LogP contribution is 2.62. The minimum atomic E-state index is -0.259. The van der Waals surface area contributed by atoms with Crippen molar-refractivity contribution in [1.82, 2.24) is 0 Å². The average molecular weight is 386 g/mol. The molecule has 2 heterocycles. The molecule has 0 radical (unpaired) electrons. The lowest BCUT2D eigenvalue weighted by atomic mass is 9.45. The van der Waals surface area contributed by atoms with Crippen LogP contribution in [-0.2, 0) is 4.79 Å². The Hall–Kier alpha value is -1.46. The van der Waals surface area contributed by atoms with E-state index in [2.05, 4.69) is 17.5 Å². The van der Waals surface area contributed by atoms with E-state index < -0.39 is 0 Å². The Kier molecular flexibility index (Phi) is 3.87. The van der Waals surface area contributed by atoms with Gasteiger partial charge in [-0.2, -0.15) is 0 Å². The van der Waals surface area contributed by atoms with E-state index in [0.717, 1.165) is 24.1 Å². The number of carbonyl (C=O) groups is 2. The molecule has 2 unspecified atom stereocenters. The lowest BCUT2D eigenvalue weighted by Gasteiger charge is -2.59. The first-order chi connectivity index (χ1) is 12.5. The van der Waals surface area contributed by atoms with E-state index in [1.165, 1.54) is 22.6 Å². The quantitative estimate of drug-likeness (QED) is 0.738. The number of primary amides is 1. The number of ketones is 1. The fourth-order valence-electron chi connectivity index (χ4n) is 6.12. The minimum absolute atomic E-state index is 0.0967. The molecule has 0 aromatic carbocycles. The van der Waals surface area contributed by atoms with Crippen LogP contribution in [0.1, 0.15) is 48.2 Å². The normalized spacial score (nSPS) is 34.9. The van der Waals surface area contributed by atoms with Crippen LogP contribution in [0, 0.1) is 29.1 Å². The second kappa shape index (κ2) is 6.03. The van der Waals surface area contributed by atoms with E-state index >= 15 is 0 Å². The largest absolute Gasteiger partial charge is 0.369 e. The highest BCUT2D eigenvalue weighted by molar-refractivity contribution is 7.22. The summed E-state index contributed by atoms with van der Waals surface area (Å²) in [5.74, 6) is 2.30. The molecule has 136 valence electrons. The Morgan fingerprint density at radius 1 is 1.08 bits per heavy atom. The van der Waals surface area contributed by atoms with Crippen LogP contribution in [-0.4, -0.2) is 11.7 Å². The molecule has 2 N–H and O–H groups in total. The van der Waals surface area contributed by atoms with E-state index in [4.69, 9.17) is 5.73 Å². The molecule has 4 fully saturated rings. The van der Waals surface area contributed by atoms with Crippen molar-refractivity contribution in [3.8, 4) is 9.75 Å². The van der Waals surface area contributed by atoms with Crippen LogP contribution in [0.5, 0.6) is 0 Å². The monoisotopic (exact) mass is 385 g/mol. The highest BCUT2D eigenvalue weighted by Gasteiger charge is 2.57. The first kappa shape index (κ1) is 16.7. The Balaban J connectivity index is 1.33. The lowest BCUT2D eigenvalue weighted by molar-refractivity contribution is -0.149. The van der Waals surface area contributed by atoms with Gasteiger partial charge < -0.3 is 5.73 Å². The summed E-state index contributed by atoms with van der Waals surface area (Å²) < 4.78 is 0. The summed E-state index contributed by atoms with van der Waals surface area (Å²) in [5, 5.41) is 2.07. The van der Waals surface area contributed by atoms with Gasteiger partial charge in [-0.15, -0.1) is 22.7 Å². The Bertz CT molecular complexity index is 837. The van der Waals surface area contributed by atoms with E-state index in [1.807, 2.05) is 12.1 Å². The fraction of sp³-hybridized carbons (Fsp3) is 0.524. The van der Waals surface area contributed by atoms with Crippen LogP contribution in [0.15, 0.2) is 29.6 Å². The molecule has 0 saturated heterocycles. The third-order valence-electron chi connectivity index (χ3n) is 7.06. The molecule has 6 rings (SSSR count). The van der Waals surface area contributed by atoms with Gasteiger partial charge in [0.25, 0.3) is 0 Å². The smallest absolute Gasteiger partial charge is 0.223 e. The summed E-state index contributed by atoms with van der Waals surface area (Å²) in [4.78, 5) is 28.3. The van der Waals surface area contributed by atoms with Gasteiger partial charge in [-0.25, -0.2) is 0 Å². The number of thiophene rings is 2. The van der Waals surface area contributed by atoms with Crippen molar-refractivity contribution in [3.63, 3.8) is 0 Å². The van der Waals surface area contributed by atoms with E-state index in [1.54, 1.807) is 22.7 Å². The Morgan fingerprint density at radius 2 is 1.85 bits per heavy atom. The van der Waals surface area contributed by atoms with Gasteiger partial charge in [-0.05, 0) is 79.4 Å². The molecule has 2 atom stereocenters. The van der Waals surface area contributed by atoms with Crippen LogP contribution in [0.3, 0.4) is 0 Å². The molecular weight excluding hydrogens is 362 g/mol. The summed E-state index contributed by atoms with van der Waals surface area (Å²) in [7, 11) is 0. The predicted molar refractivity (Wildman–Crippen MR) is 105 cm³/mol. The zero-order valence-corrected chi connectivity index (χ0v) is 16.3. The van der Waals surface area contributed by atoms with E-state index in [-0.39, 0.29) is 17.1 Å². The molecule has 2 aromatic heterocycles. The standard InChI is InChI=1S/C21H23NO2S2/c22-20(24)21-9-12-6-13(10-21)15(14(7-12)11-21)8-16(23)17-3-4-19(26-17)18-2-1-5-25-18/h1-5,12-15H,6-11H2,(H2,22,24). The minimum Gasteiger partial charge on any atom is -0.369 e. The Morgan fingerprint density at radius 3 is 2.50 bits per heavy atom. The van der Waals surface area contributed by atoms with Gasteiger partial charge >= 0.3 is 0 Å². The molecule has 1 amide bonds. The number of amides is 1. The van der Waals surface area contributed by atoms with E-state index in [0.29, 0.717) is 30.1 Å². The third kappa shape index (κ3) is 2.59. The maximum atomic E-state index is 13.0. The maximum Gasteiger partial charge on any atom is 0.223 e. The van der Waals surface area contributed by atoms with Crippen molar-refractivity contribution >= 4 is 34.4 Å². The lowest BCUT2D eigenvalue weighted by Crippen LogP contribution is -2.56. The zero-order chi connectivity index (χ0) is 17.9. The van der Waals surface area contributed by atoms with Crippen molar-refractivity contribution in [3.05, 3.63) is 34.5 Å². The molecular formula is C21H23NO2S2. The zero-order valence-electron chi connectivity index (χ0n) is 14.6. The molecule has 0 aliphatic heterocycles. The summed E-state index contributed by atoms with van der Waals surface area (Å²) in [6.07, 6.45) is 5.84. The van der Waals surface area contributed by atoms with Crippen LogP contribution >= 0.6 is 22.7 Å². The van der Waals surface area contributed by atoms with Gasteiger partial charge in [0, 0.05) is 21.6 Å². The van der Waals surface area contributed by atoms with Crippen molar-refractivity contribution in [1.29, 1.82) is 0 Å². The Labute approximate surface area is 161 Å². The first-order valence-corrected chi connectivity index (χ1v) is 11.2. The fourth-order valence-corrected chi connectivity index (χ4v) is 7.91. The molecule has 5 heteroatoms. The van der Waals surface area contributed by atoms with Crippen molar-refractivity contribution in [2.75, 3.05) is 0 Å². The van der Waals surface area contributed by atoms with Gasteiger partial charge in [0.2, 0.25) is 5.91 Å². The summed E-state index contributed by atoms with van der Waals surface area (Å²) in [5.41, 5.74) is 5.52. The van der Waals surface area contributed by atoms with Crippen LogP contribution in [0.4, 0.5) is 0 Å². The van der Waals surface area contributed by atoms with Crippen molar-refractivity contribution < 1.29 is 9.59 Å². The number of hydrogen-bond donors (Lipinski definition) is 1. The second-order valence-electron chi connectivity index (χ2n) is 8.55. The van der Waals surface area contributed by atoms with Crippen molar-refractivity contribution in [2.45, 2.75) is 38.5 Å². The number of Topliss-reactive ketones (excluding diaryl/α,β-unsaturated/α-hetero) is 1. The highest BCUT2D eigenvalue weighted by atomic mass is 32.1. The molecule has 3 nitrogen and oxygen atoms in total. The summed E-state index contributed by atoms with van der Waals surface area (Å²) in [6.45, 7) is 0. The number of hydrogen-bond acceptors (Lipinski definition) is 4. The molecule has 4 aliphatic carbocycles. The molecule has 2 aromatic rings. The van der Waals surface area contributed by atoms with Gasteiger partial charge in [-0.1, -0.05) is 6.07 Å². The van der Waals surface area contributed by atoms with Gasteiger partial charge in [0.15, 0.2) is 5.78 Å². The third-order valence-corrected chi connectivity index (χ3v) is 9.25. The number of carbonyl (C=O) groups excluding carboxylic acids is 2. The van der Waals surface area contributed by atoms with Gasteiger partial charge in [-0.3, -0.25) is 9.59 Å². The van der Waals surface area contributed by atoms with E-state index in [9.17, 15) is 9.59 Å². The SMILES string of the molecule is NC(=O)C12CC3CC(C1)C(CC(=O)c1ccc(-c4cccs4)s1)C(C3)C2. The van der Waals surface area contributed by atoms with Crippen LogP contribution in [0.25, 0.3) is 9.75 Å². The van der Waals surface area contributed by atoms with Crippen molar-refractivity contribution in [2.24, 2.45) is 34.8 Å². The van der Waals surface area contributed by atoms with Gasteiger partial charge in [0.1, 0.15) is 0 Å². The molecule has 4 aliphatic rings. The first-order valence-electron chi connectivity index (χ1n) is 9.51.